The minimum atomic E-state index is 0.502. The van der Waals surface area contributed by atoms with Crippen LogP contribution < -0.4 is 9.62 Å². The maximum absolute atomic E-state index is 10.5. The van der Waals surface area contributed by atoms with E-state index in [1.54, 1.807) is 11.9 Å². The quantitative estimate of drug-likeness (QED) is 0.630. The summed E-state index contributed by atoms with van der Waals surface area (Å²) in [6.45, 7) is 1.46. The third-order valence-electron chi connectivity index (χ3n) is 2.59. The highest BCUT2D eigenvalue weighted by Gasteiger charge is 2.18. The highest BCUT2D eigenvalue weighted by Crippen LogP contribution is 2.30. The molecular formula is C12H18N2O2S. The fourth-order valence-corrected chi connectivity index (χ4v) is 2.29. The van der Waals surface area contributed by atoms with Gasteiger partial charge in [-0.1, -0.05) is 11.9 Å². The Morgan fingerprint density at radius 2 is 2.29 bits per heavy atom. The van der Waals surface area contributed by atoms with E-state index in [9.17, 15) is 4.79 Å². The molecule has 1 aliphatic rings. The Morgan fingerprint density at radius 3 is 2.94 bits per heavy atom. The van der Waals surface area contributed by atoms with Crippen LogP contribution in [0, 0.1) is 0 Å². The fraction of sp³-hybridized carbons (Fsp3) is 0.417. The molecular weight excluding hydrogens is 236 g/mol. The van der Waals surface area contributed by atoms with Crippen molar-refractivity contribution in [3.8, 4) is 0 Å². The second-order valence-corrected chi connectivity index (χ2v) is 4.12. The molecule has 1 heterocycles. The Bertz CT molecular complexity index is 372. The van der Waals surface area contributed by atoms with Crippen LogP contribution in [0.4, 0.5) is 11.4 Å². The molecule has 2 N–H and O–H groups in total. The number of carbonyl (C=O) groups excluding carboxylic acids is 1. The number of anilines is 2. The normalized spacial score (nSPS) is 12.5. The van der Waals surface area contributed by atoms with Crippen LogP contribution in [0.1, 0.15) is 5.56 Å². The van der Waals surface area contributed by atoms with Gasteiger partial charge in [-0.2, -0.15) is 0 Å². The van der Waals surface area contributed by atoms with Gasteiger partial charge in [-0.05, 0) is 30.2 Å². The maximum atomic E-state index is 10.5. The van der Waals surface area contributed by atoms with E-state index in [1.165, 1.54) is 11.3 Å². The van der Waals surface area contributed by atoms with Gasteiger partial charge < -0.3 is 19.5 Å². The molecule has 4 nitrogen and oxygen atoms in total. The smallest absolute Gasteiger partial charge is 0.139 e. The molecule has 0 fully saturated rings. The van der Waals surface area contributed by atoms with E-state index in [0.29, 0.717) is 6.54 Å². The first-order chi connectivity index (χ1) is 8.35. The van der Waals surface area contributed by atoms with Crippen molar-refractivity contribution >= 4 is 29.6 Å². The van der Waals surface area contributed by atoms with Crippen molar-refractivity contribution in [3.05, 3.63) is 23.8 Å². The summed E-state index contributed by atoms with van der Waals surface area (Å²) >= 11 is 1.59. The van der Waals surface area contributed by atoms with Crippen LogP contribution in [0.15, 0.2) is 18.2 Å². The standard InChI is InChI=1S/C11H14N2OS.CH4O/c1-15-12-10-2-3-11-9(8-10)4-5-13(11)6-7-14;1-2/h2-3,7-8,12H,4-6H2,1H3;2H,1H3. The van der Waals surface area contributed by atoms with Crippen LogP contribution in [0.3, 0.4) is 0 Å². The van der Waals surface area contributed by atoms with E-state index in [2.05, 4.69) is 27.8 Å². The van der Waals surface area contributed by atoms with Crippen molar-refractivity contribution in [2.45, 2.75) is 6.42 Å². The van der Waals surface area contributed by atoms with E-state index < -0.39 is 0 Å². The first kappa shape index (κ1) is 13.9. The SMILES string of the molecule is CO.CSNc1ccc2c(c1)CCN2CC=O. The molecule has 94 valence electrons. The number of hydrogen-bond donors (Lipinski definition) is 2. The Balaban J connectivity index is 0.000000686. The van der Waals surface area contributed by atoms with Gasteiger partial charge in [0.25, 0.3) is 0 Å². The monoisotopic (exact) mass is 254 g/mol. The molecule has 0 radical (unpaired) electrons. The summed E-state index contributed by atoms with van der Waals surface area (Å²) in [5.41, 5.74) is 3.67. The van der Waals surface area contributed by atoms with Crippen LogP contribution in [0.2, 0.25) is 0 Å². The number of rotatable bonds is 4. The number of nitrogens with one attached hydrogen (secondary N) is 1. The molecule has 1 aromatic rings. The predicted molar refractivity (Wildman–Crippen MR) is 73.7 cm³/mol. The summed E-state index contributed by atoms with van der Waals surface area (Å²) in [5, 5.41) is 7.00. The van der Waals surface area contributed by atoms with Gasteiger partial charge in [0.15, 0.2) is 0 Å². The number of fused-ring (bicyclic) bond motifs is 1. The van der Waals surface area contributed by atoms with Crippen LogP contribution in [-0.4, -0.2) is 37.8 Å². The van der Waals surface area contributed by atoms with Gasteiger partial charge in [-0.3, -0.25) is 0 Å². The molecule has 17 heavy (non-hydrogen) atoms. The number of hydrogen-bond acceptors (Lipinski definition) is 5. The van der Waals surface area contributed by atoms with Crippen molar-refractivity contribution in [1.82, 2.24) is 0 Å². The van der Waals surface area contributed by atoms with Gasteiger partial charge >= 0.3 is 0 Å². The number of benzene rings is 1. The van der Waals surface area contributed by atoms with E-state index in [-0.39, 0.29) is 0 Å². The lowest BCUT2D eigenvalue weighted by molar-refractivity contribution is -0.106. The lowest BCUT2D eigenvalue weighted by Crippen LogP contribution is -2.22. The summed E-state index contributed by atoms with van der Waals surface area (Å²) in [6.07, 6.45) is 4.00. The molecule has 1 aliphatic heterocycles. The summed E-state index contributed by atoms with van der Waals surface area (Å²) in [6, 6.07) is 6.31. The average Bonchev–Trinajstić information content (AvgIpc) is 2.76. The zero-order valence-corrected chi connectivity index (χ0v) is 11.0. The second-order valence-electron chi connectivity index (χ2n) is 3.51. The summed E-state index contributed by atoms with van der Waals surface area (Å²) < 4.78 is 3.21. The molecule has 1 aromatic carbocycles. The van der Waals surface area contributed by atoms with Crippen LogP contribution in [-0.2, 0) is 11.2 Å². The van der Waals surface area contributed by atoms with Crippen LogP contribution >= 0.6 is 11.9 Å². The molecule has 0 spiro atoms. The molecule has 0 aliphatic carbocycles. The summed E-state index contributed by atoms with van der Waals surface area (Å²) in [4.78, 5) is 12.6. The maximum Gasteiger partial charge on any atom is 0.139 e. The van der Waals surface area contributed by atoms with E-state index >= 15 is 0 Å². The largest absolute Gasteiger partial charge is 0.400 e. The molecule has 2 rings (SSSR count). The summed E-state index contributed by atoms with van der Waals surface area (Å²) in [7, 11) is 1.00. The molecule has 0 atom stereocenters. The van der Waals surface area contributed by atoms with E-state index in [1.807, 2.05) is 6.26 Å². The zero-order valence-electron chi connectivity index (χ0n) is 10.1. The summed E-state index contributed by atoms with van der Waals surface area (Å²) in [5.74, 6) is 0. The molecule has 0 aromatic heterocycles. The molecule has 0 unspecified atom stereocenters. The van der Waals surface area contributed by atoms with Gasteiger partial charge in [-0.15, -0.1) is 0 Å². The van der Waals surface area contributed by atoms with Gasteiger partial charge in [0.1, 0.15) is 6.29 Å². The van der Waals surface area contributed by atoms with Crippen LogP contribution in [0.25, 0.3) is 0 Å². The minimum Gasteiger partial charge on any atom is -0.400 e. The molecule has 0 saturated heterocycles. The first-order valence-corrected chi connectivity index (χ1v) is 6.63. The lowest BCUT2D eigenvalue weighted by atomic mass is 10.1. The number of aldehydes is 1. The third-order valence-corrected chi connectivity index (χ3v) is 3.03. The number of aliphatic hydroxyl groups is 1. The predicted octanol–water partition coefficient (Wildman–Crippen LogP) is 1.55. The van der Waals surface area contributed by atoms with Crippen molar-refractivity contribution in [1.29, 1.82) is 0 Å². The van der Waals surface area contributed by atoms with Crippen molar-refractivity contribution < 1.29 is 9.90 Å². The zero-order chi connectivity index (χ0) is 12.7. The van der Waals surface area contributed by atoms with Crippen molar-refractivity contribution in [2.24, 2.45) is 0 Å². The van der Waals surface area contributed by atoms with Crippen molar-refractivity contribution in [2.75, 3.05) is 36.1 Å². The number of carbonyl (C=O) groups is 1. The Morgan fingerprint density at radius 1 is 1.53 bits per heavy atom. The molecule has 5 heteroatoms. The topological polar surface area (TPSA) is 52.6 Å². The Hall–Kier alpha value is -1.20. The Labute approximate surface area is 106 Å². The fourth-order valence-electron chi connectivity index (χ4n) is 1.93. The number of aliphatic hydroxyl groups excluding tert-OH is 1. The van der Waals surface area contributed by atoms with Gasteiger partial charge in [0.2, 0.25) is 0 Å². The highest BCUT2D eigenvalue weighted by molar-refractivity contribution is 7.99. The highest BCUT2D eigenvalue weighted by atomic mass is 32.2. The molecule has 0 saturated carbocycles. The van der Waals surface area contributed by atoms with E-state index in [0.717, 1.165) is 32.0 Å². The van der Waals surface area contributed by atoms with E-state index in [4.69, 9.17) is 5.11 Å². The first-order valence-electron chi connectivity index (χ1n) is 5.40. The molecule has 0 amide bonds. The van der Waals surface area contributed by atoms with Gasteiger partial charge in [0.05, 0.1) is 6.54 Å². The second kappa shape index (κ2) is 7.19. The Kier molecular flexibility index (Phi) is 5.86. The van der Waals surface area contributed by atoms with Crippen LogP contribution in [0.5, 0.6) is 0 Å². The van der Waals surface area contributed by atoms with Crippen molar-refractivity contribution in [3.63, 3.8) is 0 Å². The van der Waals surface area contributed by atoms with Gasteiger partial charge in [-0.25, -0.2) is 0 Å². The average molecular weight is 254 g/mol. The lowest BCUT2D eigenvalue weighted by Gasteiger charge is -2.15. The third kappa shape index (κ3) is 3.38. The molecule has 0 bridgehead atoms. The minimum absolute atomic E-state index is 0.502. The van der Waals surface area contributed by atoms with Gasteiger partial charge in [0, 0.05) is 31.3 Å². The number of nitrogens with zero attached hydrogens (tertiary/aromatic N) is 1.